The van der Waals surface area contributed by atoms with Gasteiger partial charge in [0.05, 0.1) is 0 Å². The lowest BCUT2D eigenvalue weighted by molar-refractivity contribution is 0.0709. The Labute approximate surface area is 139 Å². The van der Waals surface area contributed by atoms with Crippen molar-refractivity contribution in [2.75, 3.05) is 6.54 Å². The molecule has 1 aliphatic carbocycles. The lowest BCUT2D eigenvalue weighted by Gasteiger charge is -2.22. The molecule has 0 spiro atoms. The SMILES string of the molecule is CCn1ccc(C(=O)N2CCC[C@H]2c2nc(C3CC3)no2)cc1=O. The first-order valence-corrected chi connectivity index (χ1v) is 8.52. The molecule has 4 rings (SSSR count). The summed E-state index contributed by atoms with van der Waals surface area (Å²) in [6.07, 6.45) is 5.59. The maximum atomic E-state index is 12.8. The Hall–Kier alpha value is -2.44. The molecule has 126 valence electrons. The van der Waals surface area contributed by atoms with Crippen LogP contribution >= 0.6 is 0 Å². The zero-order valence-corrected chi connectivity index (χ0v) is 13.6. The van der Waals surface area contributed by atoms with E-state index in [1.54, 1.807) is 21.7 Å². The molecule has 0 N–H and O–H groups in total. The summed E-state index contributed by atoms with van der Waals surface area (Å²) in [5, 5.41) is 4.05. The number of aryl methyl sites for hydroxylation is 1. The van der Waals surface area contributed by atoms with Gasteiger partial charge in [-0.3, -0.25) is 9.59 Å². The molecule has 2 aromatic rings. The second-order valence-corrected chi connectivity index (χ2v) is 6.46. The summed E-state index contributed by atoms with van der Waals surface area (Å²) in [5.41, 5.74) is 0.256. The fraction of sp³-hybridized carbons (Fsp3) is 0.529. The van der Waals surface area contributed by atoms with Crippen LogP contribution in [0.1, 0.15) is 66.6 Å². The number of carbonyl (C=O) groups excluding carboxylic acids is 1. The van der Waals surface area contributed by atoms with Crippen LogP contribution in [0.25, 0.3) is 0 Å². The van der Waals surface area contributed by atoms with Gasteiger partial charge in [-0.1, -0.05) is 5.16 Å². The number of nitrogens with zero attached hydrogens (tertiary/aromatic N) is 4. The average Bonchev–Trinajstić information content (AvgIpc) is 3.12. The van der Waals surface area contributed by atoms with E-state index in [1.165, 1.54) is 6.07 Å². The number of amides is 1. The molecule has 1 saturated heterocycles. The molecule has 2 aliphatic rings. The normalized spacial score (nSPS) is 20.5. The summed E-state index contributed by atoms with van der Waals surface area (Å²) in [6, 6.07) is 2.92. The molecular formula is C17H20N4O3. The minimum Gasteiger partial charge on any atom is -0.337 e. The summed E-state index contributed by atoms with van der Waals surface area (Å²) in [6.45, 7) is 3.12. The van der Waals surface area contributed by atoms with Gasteiger partial charge in [0.25, 0.3) is 11.5 Å². The van der Waals surface area contributed by atoms with Crippen LogP contribution in [0.3, 0.4) is 0 Å². The Bertz CT molecular complexity index is 821. The minimum atomic E-state index is -0.189. The molecule has 24 heavy (non-hydrogen) atoms. The summed E-state index contributed by atoms with van der Waals surface area (Å²) < 4.78 is 6.97. The second-order valence-electron chi connectivity index (χ2n) is 6.46. The first-order chi connectivity index (χ1) is 11.7. The summed E-state index contributed by atoms with van der Waals surface area (Å²) in [7, 11) is 0. The van der Waals surface area contributed by atoms with E-state index in [-0.39, 0.29) is 17.5 Å². The molecule has 0 radical (unpaired) electrons. The number of hydrogen-bond acceptors (Lipinski definition) is 5. The monoisotopic (exact) mass is 328 g/mol. The second kappa shape index (κ2) is 5.89. The first-order valence-electron chi connectivity index (χ1n) is 8.52. The van der Waals surface area contributed by atoms with Gasteiger partial charge in [-0.05, 0) is 38.7 Å². The van der Waals surface area contributed by atoms with E-state index in [1.807, 2.05) is 6.92 Å². The third kappa shape index (κ3) is 2.64. The van der Waals surface area contributed by atoms with Crippen LogP contribution < -0.4 is 5.56 Å². The van der Waals surface area contributed by atoms with E-state index >= 15 is 0 Å². The van der Waals surface area contributed by atoms with Gasteiger partial charge in [0.2, 0.25) is 5.89 Å². The smallest absolute Gasteiger partial charge is 0.254 e. The molecule has 0 aromatic carbocycles. The fourth-order valence-electron chi connectivity index (χ4n) is 3.22. The van der Waals surface area contributed by atoms with Crippen LogP contribution in [-0.2, 0) is 6.54 Å². The highest BCUT2D eigenvalue weighted by Crippen LogP contribution is 2.39. The maximum Gasteiger partial charge on any atom is 0.254 e. The van der Waals surface area contributed by atoms with Crippen LogP contribution in [0.4, 0.5) is 0 Å². The number of aromatic nitrogens is 3. The van der Waals surface area contributed by atoms with Gasteiger partial charge in [0, 0.05) is 36.8 Å². The van der Waals surface area contributed by atoms with E-state index < -0.39 is 0 Å². The van der Waals surface area contributed by atoms with E-state index in [4.69, 9.17) is 4.52 Å². The zero-order valence-electron chi connectivity index (χ0n) is 13.6. The molecule has 1 amide bonds. The van der Waals surface area contributed by atoms with Crippen molar-refractivity contribution in [2.24, 2.45) is 0 Å². The minimum absolute atomic E-state index is 0.149. The van der Waals surface area contributed by atoms with Crippen LogP contribution in [0.5, 0.6) is 0 Å². The van der Waals surface area contributed by atoms with Gasteiger partial charge in [0.1, 0.15) is 6.04 Å². The predicted octanol–water partition coefficient (Wildman–Crippen LogP) is 2.11. The van der Waals surface area contributed by atoms with Crippen molar-refractivity contribution in [3.8, 4) is 0 Å². The van der Waals surface area contributed by atoms with Gasteiger partial charge in [0.15, 0.2) is 5.82 Å². The Morgan fingerprint density at radius 3 is 2.92 bits per heavy atom. The van der Waals surface area contributed by atoms with E-state index in [9.17, 15) is 9.59 Å². The fourth-order valence-corrected chi connectivity index (χ4v) is 3.22. The van der Waals surface area contributed by atoms with Crippen molar-refractivity contribution in [3.05, 3.63) is 46.0 Å². The van der Waals surface area contributed by atoms with Gasteiger partial charge in [-0.15, -0.1) is 0 Å². The Balaban J connectivity index is 1.58. The molecule has 1 atom stereocenters. The van der Waals surface area contributed by atoms with Gasteiger partial charge >= 0.3 is 0 Å². The number of carbonyl (C=O) groups is 1. The molecule has 0 unspecified atom stereocenters. The molecule has 1 aliphatic heterocycles. The van der Waals surface area contributed by atoms with E-state index in [2.05, 4.69) is 10.1 Å². The van der Waals surface area contributed by atoms with Crippen molar-refractivity contribution in [3.63, 3.8) is 0 Å². The van der Waals surface area contributed by atoms with Gasteiger partial charge in [-0.25, -0.2) is 0 Å². The van der Waals surface area contributed by atoms with Crippen LogP contribution in [0.15, 0.2) is 27.6 Å². The third-order valence-electron chi connectivity index (χ3n) is 4.78. The molecule has 7 nitrogen and oxygen atoms in total. The Morgan fingerprint density at radius 1 is 1.38 bits per heavy atom. The van der Waals surface area contributed by atoms with Crippen LogP contribution in [0, 0.1) is 0 Å². The molecule has 1 saturated carbocycles. The molecule has 2 aromatic heterocycles. The lowest BCUT2D eigenvalue weighted by Crippen LogP contribution is -2.32. The Morgan fingerprint density at radius 2 is 2.21 bits per heavy atom. The van der Waals surface area contributed by atoms with Crippen molar-refractivity contribution in [1.82, 2.24) is 19.6 Å². The number of rotatable bonds is 4. The summed E-state index contributed by atoms with van der Waals surface area (Å²) in [5.74, 6) is 1.55. The maximum absolute atomic E-state index is 12.8. The molecule has 3 heterocycles. The molecular weight excluding hydrogens is 308 g/mol. The first kappa shape index (κ1) is 15.1. The van der Waals surface area contributed by atoms with Crippen LogP contribution in [-0.4, -0.2) is 32.1 Å². The van der Waals surface area contributed by atoms with Crippen LogP contribution in [0.2, 0.25) is 0 Å². The predicted molar refractivity (Wildman–Crippen MR) is 85.7 cm³/mol. The third-order valence-corrected chi connectivity index (χ3v) is 4.78. The highest BCUT2D eigenvalue weighted by atomic mass is 16.5. The molecule has 2 fully saturated rings. The summed E-state index contributed by atoms with van der Waals surface area (Å²) in [4.78, 5) is 31.0. The van der Waals surface area contributed by atoms with E-state index in [0.717, 1.165) is 31.5 Å². The standard InChI is InChI=1S/C17H20N4O3/c1-2-20-9-7-12(10-14(20)22)17(23)21-8-3-4-13(21)16-18-15(19-24-16)11-5-6-11/h7,9-11,13H,2-6,8H2,1H3/t13-/m0/s1. The summed E-state index contributed by atoms with van der Waals surface area (Å²) >= 11 is 0. The number of hydrogen-bond donors (Lipinski definition) is 0. The van der Waals surface area contributed by atoms with Gasteiger partial charge < -0.3 is 14.0 Å². The Kier molecular flexibility index (Phi) is 3.70. The highest BCUT2D eigenvalue weighted by Gasteiger charge is 2.36. The van der Waals surface area contributed by atoms with Crippen molar-refractivity contribution < 1.29 is 9.32 Å². The number of likely N-dealkylation sites (tertiary alicyclic amines) is 1. The molecule has 0 bridgehead atoms. The lowest BCUT2D eigenvalue weighted by atomic mass is 10.2. The van der Waals surface area contributed by atoms with Crippen molar-refractivity contribution >= 4 is 5.91 Å². The topological polar surface area (TPSA) is 81.2 Å². The van der Waals surface area contributed by atoms with Crippen molar-refractivity contribution in [1.29, 1.82) is 0 Å². The van der Waals surface area contributed by atoms with Gasteiger partial charge in [-0.2, -0.15) is 4.98 Å². The van der Waals surface area contributed by atoms with E-state index in [0.29, 0.717) is 30.5 Å². The number of pyridine rings is 1. The molecule has 7 heteroatoms. The quantitative estimate of drug-likeness (QED) is 0.858. The van der Waals surface area contributed by atoms with Crippen molar-refractivity contribution in [2.45, 2.75) is 51.1 Å². The zero-order chi connectivity index (χ0) is 16.7. The highest BCUT2D eigenvalue weighted by molar-refractivity contribution is 5.94. The largest absolute Gasteiger partial charge is 0.337 e. The average molecular weight is 328 g/mol.